The third-order valence-corrected chi connectivity index (χ3v) is 5.11. The smallest absolute Gasteiger partial charge is 0.327 e. The number of hydrogen-bond acceptors (Lipinski definition) is 6. The molecule has 0 spiro atoms. The molecule has 2 heterocycles. The molecule has 1 fully saturated rings. The number of benzene rings is 1. The second-order valence-electron chi connectivity index (χ2n) is 5.88. The van der Waals surface area contributed by atoms with E-state index in [1.54, 1.807) is 32.3 Å². The number of carboxylic acids is 1. The van der Waals surface area contributed by atoms with Gasteiger partial charge in [-0.15, -0.1) is 0 Å². The van der Waals surface area contributed by atoms with Gasteiger partial charge in [-0.3, -0.25) is 19.7 Å². The van der Waals surface area contributed by atoms with E-state index in [0.29, 0.717) is 4.91 Å². The number of carbonyl (C=O) groups excluding carboxylic acids is 1. The zero-order chi connectivity index (χ0) is 18.1. The van der Waals surface area contributed by atoms with Gasteiger partial charge < -0.3 is 5.11 Å². The third-order valence-electron chi connectivity index (χ3n) is 3.78. The lowest BCUT2D eigenvalue weighted by molar-refractivity contribution is -0.146. The Kier molecular flexibility index (Phi) is 4.82. The number of carbonyl (C=O) groups is 2. The summed E-state index contributed by atoms with van der Waals surface area (Å²) in [7, 11) is 0. The molecule has 25 heavy (non-hydrogen) atoms. The minimum atomic E-state index is -1.06. The van der Waals surface area contributed by atoms with Gasteiger partial charge in [-0.1, -0.05) is 43.9 Å². The number of hydrogen-bond donors (Lipinski definition) is 1. The average molecular weight is 373 g/mol. The van der Waals surface area contributed by atoms with Gasteiger partial charge >= 0.3 is 5.97 Å². The maximum Gasteiger partial charge on any atom is 0.327 e. The summed E-state index contributed by atoms with van der Waals surface area (Å²) < 4.78 is 0.262. The fourth-order valence-electron chi connectivity index (χ4n) is 2.63. The molecule has 0 radical (unpaired) electrons. The summed E-state index contributed by atoms with van der Waals surface area (Å²) in [5.74, 6) is -1.70. The Morgan fingerprint density at radius 1 is 1.28 bits per heavy atom. The second-order valence-corrected chi connectivity index (χ2v) is 7.56. The van der Waals surface area contributed by atoms with Gasteiger partial charge in [-0.25, -0.2) is 4.79 Å². The Hall–Kier alpha value is -2.32. The number of nitrogens with zero attached hydrogens (tertiary/aromatic N) is 3. The van der Waals surface area contributed by atoms with E-state index in [4.69, 9.17) is 12.2 Å². The fraction of sp³-hybridized carbons (Fsp3) is 0.235. The van der Waals surface area contributed by atoms with Gasteiger partial charge in [0.1, 0.15) is 10.4 Å². The van der Waals surface area contributed by atoms with Crippen molar-refractivity contribution < 1.29 is 14.7 Å². The molecule has 0 bridgehead atoms. The van der Waals surface area contributed by atoms with Crippen molar-refractivity contribution in [3.05, 3.63) is 41.1 Å². The highest BCUT2D eigenvalue weighted by molar-refractivity contribution is 8.26. The van der Waals surface area contributed by atoms with E-state index in [1.807, 2.05) is 18.2 Å². The molecule has 1 N–H and O–H groups in total. The molecule has 1 aliphatic rings. The first kappa shape index (κ1) is 17.5. The van der Waals surface area contributed by atoms with Gasteiger partial charge in [0.15, 0.2) is 0 Å². The van der Waals surface area contributed by atoms with Crippen LogP contribution in [0.15, 0.2) is 35.5 Å². The molecule has 3 rings (SSSR count). The molecule has 0 saturated carbocycles. The molecule has 6 nitrogen and oxygen atoms in total. The summed E-state index contributed by atoms with van der Waals surface area (Å²) in [6.45, 7) is 3.51. The van der Waals surface area contributed by atoms with Crippen LogP contribution in [-0.2, 0) is 9.59 Å². The van der Waals surface area contributed by atoms with E-state index >= 15 is 0 Å². The van der Waals surface area contributed by atoms with Crippen LogP contribution in [0.2, 0.25) is 0 Å². The quantitative estimate of drug-likeness (QED) is 0.651. The molecular weight excluding hydrogens is 358 g/mol. The molecule has 1 unspecified atom stereocenters. The number of thiocarbonyl (C=S) groups is 1. The number of rotatable bonds is 4. The highest BCUT2D eigenvalue weighted by Gasteiger charge is 2.41. The van der Waals surface area contributed by atoms with Gasteiger partial charge in [0.2, 0.25) is 0 Å². The molecular formula is C17H15N3O3S2. The zero-order valence-corrected chi connectivity index (χ0v) is 15.2. The number of carboxylic acid groups (broad SMARTS) is 1. The van der Waals surface area contributed by atoms with Crippen LogP contribution in [0.1, 0.15) is 19.4 Å². The van der Waals surface area contributed by atoms with E-state index in [-0.39, 0.29) is 16.1 Å². The van der Waals surface area contributed by atoms with Crippen LogP contribution in [0, 0.1) is 5.92 Å². The van der Waals surface area contributed by atoms with E-state index in [1.165, 1.54) is 4.90 Å². The lowest BCUT2D eigenvalue weighted by Gasteiger charge is -2.26. The van der Waals surface area contributed by atoms with Crippen molar-refractivity contribution in [2.24, 2.45) is 5.92 Å². The summed E-state index contributed by atoms with van der Waals surface area (Å²) in [6, 6.07) is 4.51. The Balaban J connectivity index is 1.95. The molecule has 128 valence electrons. The SMILES string of the molecule is CC(C)C(C(=O)O)N1C(=O)/C(=C\c2ccc3nccnc3c2)SC1=S. The van der Waals surface area contributed by atoms with Gasteiger partial charge in [-0.2, -0.15) is 0 Å². The maximum atomic E-state index is 12.7. The lowest BCUT2D eigenvalue weighted by atomic mass is 10.0. The van der Waals surface area contributed by atoms with Gasteiger partial charge in [0.25, 0.3) is 5.91 Å². The standard InChI is InChI=1S/C17H15N3O3S2/c1-9(2)14(16(22)23)20-15(21)13(25-17(20)24)8-10-3-4-11-12(7-10)19-6-5-18-11/h3-9,14H,1-2H3,(H,22,23)/b13-8+. The Morgan fingerprint density at radius 3 is 2.60 bits per heavy atom. The van der Waals surface area contributed by atoms with Crippen LogP contribution in [0.3, 0.4) is 0 Å². The van der Waals surface area contributed by atoms with Crippen molar-refractivity contribution in [1.29, 1.82) is 0 Å². The minimum absolute atomic E-state index is 0.254. The maximum absolute atomic E-state index is 12.7. The number of aliphatic carboxylic acids is 1. The van der Waals surface area contributed by atoms with Crippen LogP contribution < -0.4 is 0 Å². The van der Waals surface area contributed by atoms with E-state index < -0.39 is 12.0 Å². The largest absolute Gasteiger partial charge is 0.480 e. The first-order valence-electron chi connectivity index (χ1n) is 7.59. The monoisotopic (exact) mass is 373 g/mol. The summed E-state index contributed by atoms with van der Waals surface area (Å²) in [5, 5.41) is 9.44. The zero-order valence-electron chi connectivity index (χ0n) is 13.5. The van der Waals surface area contributed by atoms with Crippen molar-refractivity contribution in [1.82, 2.24) is 14.9 Å². The Morgan fingerprint density at radius 2 is 1.96 bits per heavy atom. The normalized spacial score (nSPS) is 17.7. The molecule has 1 amide bonds. The first-order chi connectivity index (χ1) is 11.9. The van der Waals surface area contributed by atoms with Gasteiger partial charge in [0, 0.05) is 12.4 Å². The molecule has 1 aromatic carbocycles. The molecule has 1 saturated heterocycles. The molecule has 1 atom stereocenters. The average Bonchev–Trinajstić information content (AvgIpc) is 2.82. The number of amides is 1. The van der Waals surface area contributed by atoms with E-state index in [9.17, 15) is 14.7 Å². The Labute approximate surface area is 154 Å². The second kappa shape index (κ2) is 6.89. The van der Waals surface area contributed by atoms with Crippen molar-refractivity contribution in [3.63, 3.8) is 0 Å². The first-order valence-corrected chi connectivity index (χ1v) is 8.81. The van der Waals surface area contributed by atoms with Crippen molar-refractivity contribution in [3.8, 4) is 0 Å². The van der Waals surface area contributed by atoms with Crippen molar-refractivity contribution in [2.75, 3.05) is 0 Å². The van der Waals surface area contributed by atoms with Gasteiger partial charge in [0.05, 0.1) is 15.9 Å². The highest BCUT2D eigenvalue weighted by Crippen LogP contribution is 2.35. The van der Waals surface area contributed by atoms with E-state index in [0.717, 1.165) is 28.4 Å². The lowest BCUT2D eigenvalue weighted by Crippen LogP contribution is -2.47. The number of fused-ring (bicyclic) bond motifs is 1. The summed E-state index contributed by atoms with van der Waals surface area (Å²) in [5.41, 5.74) is 2.26. The highest BCUT2D eigenvalue weighted by atomic mass is 32.2. The number of thioether (sulfide) groups is 1. The van der Waals surface area contributed by atoms with Crippen LogP contribution in [-0.4, -0.2) is 42.2 Å². The molecule has 2 aromatic rings. The van der Waals surface area contributed by atoms with Crippen molar-refractivity contribution in [2.45, 2.75) is 19.9 Å². The third kappa shape index (κ3) is 3.40. The summed E-state index contributed by atoms with van der Waals surface area (Å²) in [6.07, 6.45) is 4.92. The molecule has 8 heteroatoms. The van der Waals surface area contributed by atoms with Gasteiger partial charge in [-0.05, 0) is 29.7 Å². The fourth-order valence-corrected chi connectivity index (χ4v) is 3.96. The van der Waals surface area contributed by atoms with Crippen LogP contribution in [0.4, 0.5) is 0 Å². The number of aromatic nitrogens is 2. The predicted octanol–water partition coefficient (Wildman–Crippen LogP) is 2.94. The topological polar surface area (TPSA) is 83.4 Å². The van der Waals surface area contributed by atoms with Crippen molar-refractivity contribution >= 4 is 57.3 Å². The molecule has 1 aliphatic heterocycles. The van der Waals surface area contributed by atoms with Crippen LogP contribution in [0.25, 0.3) is 17.1 Å². The van der Waals surface area contributed by atoms with Crippen LogP contribution >= 0.6 is 24.0 Å². The summed E-state index contributed by atoms with van der Waals surface area (Å²) in [4.78, 5) is 34.3. The summed E-state index contributed by atoms with van der Waals surface area (Å²) >= 11 is 6.36. The van der Waals surface area contributed by atoms with Crippen LogP contribution in [0.5, 0.6) is 0 Å². The molecule has 0 aliphatic carbocycles. The molecule has 1 aromatic heterocycles. The predicted molar refractivity (Wildman–Crippen MR) is 101 cm³/mol. The van der Waals surface area contributed by atoms with E-state index in [2.05, 4.69) is 9.97 Å². The Bertz CT molecular complexity index is 911. The minimum Gasteiger partial charge on any atom is -0.480 e.